The van der Waals surface area contributed by atoms with E-state index in [1.807, 2.05) is 0 Å². The summed E-state index contributed by atoms with van der Waals surface area (Å²) in [5.74, 6) is 0. The molecule has 136 valence electrons. The Bertz CT molecular complexity index is 374. The van der Waals surface area contributed by atoms with E-state index in [9.17, 15) is 25.5 Å². The second-order valence-electron chi connectivity index (χ2n) is 5.65. The second-order valence-corrected chi connectivity index (χ2v) is 5.65. The number of nitrogens with one attached hydrogen (secondary N) is 1. The SMILES string of the molecule is N[C@@H]1[C@@H](O)[C@H](O)[C@@H](CO)O[C@H]1NO[C@H]1[C@H](O)CC(O)O[C@@H]1CO. The highest BCUT2D eigenvalue weighted by molar-refractivity contribution is 4.93. The lowest BCUT2D eigenvalue weighted by atomic mass is 9.97. The molecule has 2 aliphatic rings. The molecule has 0 aromatic carbocycles. The van der Waals surface area contributed by atoms with E-state index in [0.29, 0.717) is 0 Å². The summed E-state index contributed by atoms with van der Waals surface area (Å²) < 4.78 is 10.3. The quantitative estimate of drug-likeness (QED) is 0.224. The molecule has 2 fully saturated rings. The van der Waals surface area contributed by atoms with Gasteiger partial charge in [-0.1, -0.05) is 0 Å². The highest BCUT2D eigenvalue weighted by atomic mass is 16.7. The number of hydrogen-bond acceptors (Lipinski definition) is 11. The van der Waals surface area contributed by atoms with Gasteiger partial charge in [-0.05, 0) is 0 Å². The topological polar surface area (TPSA) is 187 Å². The first-order chi connectivity index (χ1) is 10.9. The molecule has 0 spiro atoms. The fourth-order valence-electron chi connectivity index (χ4n) is 2.61. The van der Waals surface area contributed by atoms with Gasteiger partial charge in [-0.3, -0.25) is 4.84 Å². The molecule has 0 saturated carbocycles. The van der Waals surface area contributed by atoms with Gasteiger partial charge in [0, 0.05) is 6.42 Å². The van der Waals surface area contributed by atoms with Crippen molar-refractivity contribution in [2.45, 2.75) is 61.6 Å². The maximum Gasteiger partial charge on any atom is 0.157 e. The second kappa shape index (κ2) is 8.09. The standard InChI is InChI=1S/C12H24N2O9/c13-8-10(20)9(19)5(2-15)22-12(8)14-23-11-4(17)1-7(18)21-6(11)3-16/h4-12,14-20H,1-3,13H2/t4-,5-,6-,7?,8-,9-,10-,11+,12-/m1/s1. The highest BCUT2D eigenvalue weighted by Gasteiger charge is 2.44. The van der Waals surface area contributed by atoms with Crippen molar-refractivity contribution in [3.8, 4) is 0 Å². The van der Waals surface area contributed by atoms with Crippen LogP contribution in [0.1, 0.15) is 6.42 Å². The summed E-state index contributed by atoms with van der Waals surface area (Å²) in [5, 5.41) is 57.2. The third kappa shape index (κ3) is 4.15. The van der Waals surface area contributed by atoms with E-state index in [0.717, 1.165) is 0 Å². The van der Waals surface area contributed by atoms with Crippen molar-refractivity contribution in [3.63, 3.8) is 0 Å². The maximum absolute atomic E-state index is 9.91. The van der Waals surface area contributed by atoms with Crippen LogP contribution in [0.2, 0.25) is 0 Å². The Morgan fingerprint density at radius 2 is 1.65 bits per heavy atom. The van der Waals surface area contributed by atoms with E-state index in [1.54, 1.807) is 0 Å². The molecular formula is C12H24N2O9. The van der Waals surface area contributed by atoms with Gasteiger partial charge < -0.3 is 45.8 Å². The molecule has 0 radical (unpaired) electrons. The normalized spacial score (nSPS) is 48.4. The van der Waals surface area contributed by atoms with Crippen molar-refractivity contribution >= 4 is 0 Å². The van der Waals surface area contributed by atoms with E-state index in [-0.39, 0.29) is 6.42 Å². The Labute approximate surface area is 132 Å². The third-order valence-corrected chi connectivity index (χ3v) is 4.00. The Morgan fingerprint density at radius 3 is 2.26 bits per heavy atom. The molecule has 0 bridgehead atoms. The molecule has 23 heavy (non-hydrogen) atoms. The van der Waals surface area contributed by atoms with Gasteiger partial charge in [0.05, 0.1) is 25.4 Å². The molecule has 1 unspecified atom stereocenters. The van der Waals surface area contributed by atoms with Crippen LogP contribution in [0.15, 0.2) is 0 Å². The molecule has 0 amide bonds. The lowest BCUT2D eigenvalue weighted by Gasteiger charge is -2.42. The highest BCUT2D eigenvalue weighted by Crippen LogP contribution is 2.23. The van der Waals surface area contributed by atoms with Crippen molar-refractivity contribution in [1.82, 2.24) is 5.48 Å². The molecule has 2 rings (SSSR count). The van der Waals surface area contributed by atoms with Crippen LogP contribution in [0.25, 0.3) is 0 Å². The smallest absolute Gasteiger partial charge is 0.157 e. The summed E-state index contributed by atoms with van der Waals surface area (Å²) in [7, 11) is 0. The van der Waals surface area contributed by atoms with E-state index in [4.69, 9.17) is 25.2 Å². The van der Waals surface area contributed by atoms with Gasteiger partial charge in [-0.15, -0.1) is 0 Å². The average Bonchev–Trinajstić information content (AvgIpc) is 2.52. The number of aliphatic hydroxyl groups excluding tert-OH is 6. The molecule has 11 heteroatoms. The number of rotatable bonds is 5. The van der Waals surface area contributed by atoms with Crippen LogP contribution in [0, 0.1) is 0 Å². The van der Waals surface area contributed by atoms with Gasteiger partial charge in [-0.25, -0.2) is 0 Å². The summed E-state index contributed by atoms with van der Waals surface area (Å²) >= 11 is 0. The summed E-state index contributed by atoms with van der Waals surface area (Å²) in [5.41, 5.74) is 8.13. The van der Waals surface area contributed by atoms with Gasteiger partial charge >= 0.3 is 0 Å². The van der Waals surface area contributed by atoms with Crippen LogP contribution in [-0.2, 0) is 14.3 Å². The number of ether oxygens (including phenoxy) is 2. The van der Waals surface area contributed by atoms with Crippen LogP contribution in [0.4, 0.5) is 0 Å². The summed E-state index contributed by atoms with van der Waals surface area (Å²) in [6, 6.07) is -1.06. The zero-order chi connectivity index (χ0) is 17.1. The molecule has 11 nitrogen and oxygen atoms in total. The van der Waals surface area contributed by atoms with Gasteiger partial charge in [-0.2, -0.15) is 5.48 Å². The van der Waals surface area contributed by atoms with Crippen LogP contribution in [-0.4, -0.2) is 99.0 Å². The minimum absolute atomic E-state index is 0.110. The number of aliphatic hydroxyl groups is 6. The monoisotopic (exact) mass is 340 g/mol. The molecule has 9 atom stereocenters. The summed E-state index contributed by atoms with van der Waals surface area (Å²) in [4.78, 5) is 5.26. The lowest BCUT2D eigenvalue weighted by Crippen LogP contribution is -2.66. The molecule has 0 aromatic heterocycles. The number of hydrogen-bond donors (Lipinski definition) is 8. The van der Waals surface area contributed by atoms with Crippen LogP contribution < -0.4 is 11.2 Å². The minimum Gasteiger partial charge on any atom is -0.394 e. The first-order valence-electron chi connectivity index (χ1n) is 7.30. The molecule has 2 heterocycles. The van der Waals surface area contributed by atoms with E-state index in [1.165, 1.54) is 0 Å². The van der Waals surface area contributed by atoms with Crippen LogP contribution >= 0.6 is 0 Å². The zero-order valence-electron chi connectivity index (χ0n) is 12.3. The van der Waals surface area contributed by atoms with Crippen molar-refractivity contribution in [2.75, 3.05) is 13.2 Å². The fourth-order valence-corrected chi connectivity index (χ4v) is 2.61. The molecule has 0 aromatic rings. The summed E-state index contributed by atoms with van der Waals surface area (Å²) in [6.45, 7) is -1.04. The third-order valence-electron chi connectivity index (χ3n) is 4.00. The van der Waals surface area contributed by atoms with Gasteiger partial charge in [0.25, 0.3) is 0 Å². The first-order valence-corrected chi connectivity index (χ1v) is 7.30. The Kier molecular flexibility index (Phi) is 6.65. The minimum atomic E-state index is -1.36. The summed E-state index contributed by atoms with van der Waals surface area (Å²) in [6.07, 6.45) is -9.29. The van der Waals surface area contributed by atoms with Crippen molar-refractivity contribution in [1.29, 1.82) is 0 Å². The Hall–Kier alpha value is -0.440. The zero-order valence-corrected chi connectivity index (χ0v) is 12.3. The van der Waals surface area contributed by atoms with Gasteiger partial charge in [0.2, 0.25) is 0 Å². The first kappa shape index (κ1) is 18.9. The predicted octanol–water partition coefficient (Wildman–Crippen LogP) is -4.90. The average molecular weight is 340 g/mol. The molecule has 2 aliphatic heterocycles. The maximum atomic E-state index is 9.91. The predicted molar refractivity (Wildman–Crippen MR) is 72.3 cm³/mol. The Balaban J connectivity index is 1.95. The molecule has 0 aliphatic carbocycles. The van der Waals surface area contributed by atoms with Crippen LogP contribution in [0.5, 0.6) is 0 Å². The van der Waals surface area contributed by atoms with Gasteiger partial charge in [0.1, 0.15) is 36.7 Å². The van der Waals surface area contributed by atoms with Crippen LogP contribution in [0.3, 0.4) is 0 Å². The number of nitrogens with two attached hydrogens (primary N) is 1. The fraction of sp³-hybridized carbons (Fsp3) is 1.00. The lowest BCUT2D eigenvalue weighted by molar-refractivity contribution is -0.285. The molecule has 2 saturated heterocycles. The largest absolute Gasteiger partial charge is 0.394 e. The molecule has 9 N–H and O–H groups in total. The number of hydroxylamine groups is 1. The van der Waals surface area contributed by atoms with E-state index < -0.39 is 68.4 Å². The molecular weight excluding hydrogens is 316 g/mol. The van der Waals surface area contributed by atoms with E-state index in [2.05, 4.69) is 5.48 Å². The van der Waals surface area contributed by atoms with Crippen molar-refractivity contribution < 1.29 is 45.0 Å². The Morgan fingerprint density at radius 1 is 1.00 bits per heavy atom. The van der Waals surface area contributed by atoms with E-state index >= 15 is 0 Å². The van der Waals surface area contributed by atoms with Gasteiger partial charge in [0.15, 0.2) is 6.29 Å². The van der Waals surface area contributed by atoms with Crippen molar-refractivity contribution in [2.24, 2.45) is 5.73 Å². The van der Waals surface area contributed by atoms with Crippen molar-refractivity contribution in [3.05, 3.63) is 0 Å².